The van der Waals surface area contributed by atoms with Gasteiger partial charge in [0.05, 0.1) is 8.66 Å². The first kappa shape index (κ1) is 15.0. The molecule has 1 saturated carbocycles. The molecule has 3 unspecified atom stereocenters. The van der Waals surface area contributed by atoms with Gasteiger partial charge in [-0.1, -0.05) is 27.2 Å². The van der Waals surface area contributed by atoms with Crippen LogP contribution in [0.5, 0.6) is 0 Å². The molecule has 4 heteroatoms. The van der Waals surface area contributed by atoms with Gasteiger partial charge in [0.15, 0.2) is 0 Å². The van der Waals surface area contributed by atoms with Crippen LogP contribution < -0.4 is 5.32 Å². The SMILES string of the molecule is CC1CCC(C(C)C)C(NC(=O)c2ccc(Br)s2)C1. The summed E-state index contributed by atoms with van der Waals surface area (Å²) in [5.74, 6) is 2.05. The molecule has 1 aromatic rings. The summed E-state index contributed by atoms with van der Waals surface area (Å²) in [5, 5.41) is 3.26. The summed E-state index contributed by atoms with van der Waals surface area (Å²) in [4.78, 5) is 13.1. The van der Waals surface area contributed by atoms with Crippen LogP contribution in [0.15, 0.2) is 15.9 Å². The molecule has 1 heterocycles. The monoisotopic (exact) mass is 343 g/mol. The summed E-state index contributed by atoms with van der Waals surface area (Å²) in [7, 11) is 0. The molecule has 2 nitrogen and oxygen atoms in total. The molecule has 0 saturated heterocycles. The van der Waals surface area contributed by atoms with Gasteiger partial charge in [0.25, 0.3) is 5.91 Å². The molecule has 3 atom stereocenters. The largest absolute Gasteiger partial charge is 0.348 e. The molecule has 1 aliphatic carbocycles. The Morgan fingerprint density at radius 2 is 2.16 bits per heavy atom. The third-order valence-electron chi connectivity index (χ3n) is 4.14. The van der Waals surface area contributed by atoms with Crippen LogP contribution in [0.2, 0.25) is 0 Å². The van der Waals surface area contributed by atoms with E-state index in [-0.39, 0.29) is 5.91 Å². The molecule has 1 aliphatic rings. The van der Waals surface area contributed by atoms with Crippen LogP contribution >= 0.6 is 27.3 Å². The number of amides is 1. The maximum Gasteiger partial charge on any atom is 0.261 e. The Kier molecular flexibility index (Phi) is 5.07. The lowest BCUT2D eigenvalue weighted by molar-refractivity contribution is 0.0872. The van der Waals surface area contributed by atoms with Crippen molar-refractivity contribution in [3.63, 3.8) is 0 Å². The van der Waals surface area contributed by atoms with Gasteiger partial charge in [-0.2, -0.15) is 0 Å². The van der Waals surface area contributed by atoms with Crippen molar-refractivity contribution in [2.24, 2.45) is 17.8 Å². The molecule has 19 heavy (non-hydrogen) atoms. The molecule has 106 valence electrons. The van der Waals surface area contributed by atoms with Gasteiger partial charge in [-0.25, -0.2) is 0 Å². The molecule has 0 aromatic carbocycles. The molecular weight excluding hydrogens is 322 g/mol. The molecule has 2 rings (SSSR count). The first-order valence-electron chi connectivity index (χ1n) is 7.03. The minimum atomic E-state index is 0.0838. The van der Waals surface area contributed by atoms with Gasteiger partial charge >= 0.3 is 0 Å². The average molecular weight is 344 g/mol. The molecule has 1 N–H and O–H groups in total. The van der Waals surface area contributed by atoms with Gasteiger partial charge in [0, 0.05) is 6.04 Å². The molecule has 1 amide bonds. The van der Waals surface area contributed by atoms with Crippen molar-refractivity contribution in [3.8, 4) is 0 Å². The Labute approximate surface area is 128 Å². The van der Waals surface area contributed by atoms with E-state index in [1.165, 1.54) is 24.2 Å². The standard InChI is InChI=1S/C15H22BrNOS/c1-9(2)11-5-4-10(3)8-12(11)17-15(18)13-6-7-14(16)19-13/h6-7,9-12H,4-5,8H2,1-3H3,(H,17,18). The lowest BCUT2D eigenvalue weighted by atomic mass is 9.74. The Bertz CT molecular complexity index is 443. The van der Waals surface area contributed by atoms with E-state index in [1.807, 2.05) is 12.1 Å². The van der Waals surface area contributed by atoms with Crippen LogP contribution in [0.3, 0.4) is 0 Å². The van der Waals surface area contributed by atoms with Crippen molar-refractivity contribution in [3.05, 3.63) is 20.8 Å². The molecule has 0 bridgehead atoms. The smallest absolute Gasteiger partial charge is 0.261 e. The predicted octanol–water partition coefficient (Wildman–Crippen LogP) is 4.70. The van der Waals surface area contributed by atoms with Crippen molar-refractivity contribution < 1.29 is 4.79 Å². The maximum absolute atomic E-state index is 12.3. The van der Waals surface area contributed by atoms with Crippen LogP contribution in [0.4, 0.5) is 0 Å². The lowest BCUT2D eigenvalue weighted by Crippen LogP contribution is -2.45. The van der Waals surface area contributed by atoms with Crippen molar-refractivity contribution in [1.82, 2.24) is 5.32 Å². The van der Waals surface area contributed by atoms with Gasteiger partial charge in [-0.3, -0.25) is 4.79 Å². The van der Waals surface area contributed by atoms with Crippen LogP contribution in [-0.4, -0.2) is 11.9 Å². The second-order valence-corrected chi connectivity index (χ2v) is 8.47. The van der Waals surface area contributed by atoms with E-state index in [4.69, 9.17) is 0 Å². The number of halogens is 1. The first-order valence-corrected chi connectivity index (χ1v) is 8.64. The van der Waals surface area contributed by atoms with Crippen LogP contribution in [0.1, 0.15) is 49.7 Å². The van der Waals surface area contributed by atoms with Crippen LogP contribution in [0, 0.1) is 17.8 Å². The Balaban J connectivity index is 2.04. The molecule has 0 aliphatic heterocycles. The van der Waals surface area contributed by atoms with E-state index in [1.54, 1.807) is 0 Å². The quantitative estimate of drug-likeness (QED) is 0.846. The zero-order valence-electron chi connectivity index (χ0n) is 11.8. The fraction of sp³-hybridized carbons (Fsp3) is 0.667. The second kappa shape index (κ2) is 6.40. The highest BCUT2D eigenvalue weighted by atomic mass is 79.9. The van der Waals surface area contributed by atoms with Gasteiger partial charge < -0.3 is 5.32 Å². The highest BCUT2D eigenvalue weighted by molar-refractivity contribution is 9.11. The summed E-state index contributed by atoms with van der Waals surface area (Å²) >= 11 is 4.91. The summed E-state index contributed by atoms with van der Waals surface area (Å²) in [5.41, 5.74) is 0. The topological polar surface area (TPSA) is 29.1 Å². The number of carbonyl (C=O) groups excluding carboxylic acids is 1. The van der Waals surface area contributed by atoms with Crippen molar-refractivity contribution >= 4 is 33.2 Å². The normalized spacial score (nSPS) is 27.5. The second-order valence-electron chi connectivity index (χ2n) is 6.01. The summed E-state index contributed by atoms with van der Waals surface area (Å²) in [6, 6.07) is 4.15. The van der Waals surface area contributed by atoms with E-state index >= 15 is 0 Å². The van der Waals surface area contributed by atoms with Gasteiger partial charge in [-0.05, 0) is 58.7 Å². The van der Waals surface area contributed by atoms with Crippen molar-refractivity contribution in [1.29, 1.82) is 0 Å². The van der Waals surface area contributed by atoms with E-state index in [0.717, 1.165) is 21.0 Å². The summed E-state index contributed by atoms with van der Waals surface area (Å²) < 4.78 is 1.01. The Hall–Kier alpha value is -0.350. The van der Waals surface area contributed by atoms with Crippen LogP contribution in [-0.2, 0) is 0 Å². The van der Waals surface area contributed by atoms with E-state index in [9.17, 15) is 4.79 Å². The van der Waals surface area contributed by atoms with Crippen molar-refractivity contribution in [2.75, 3.05) is 0 Å². The van der Waals surface area contributed by atoms with E-state index in [0.29, 0.717) is 17.9 Å². The van der Waals surface area contributed by atoms with Gasteiger partial charge in [0.1, 0.15) is 0 Å². The third-order valence-corrected chi connectivity index (χ3v) is 5.76. The van der Waals surface area contributed by atoms with Crippen molar-refractivity contribution in [2.45, 2.75) is 46.1 Å². The summed E-state index contributed by atoms with van der Waals surface area (Å²) in [6.45, 7) is 6.82. The Morgan fingerprint density at radius 3 is 2.74 bits per heavy atom. The highest BCUT2D eigenvalue weighted by Crippen LogP contribution is 2.34. The summed E-state index contributed by atoms with van der Waals surface area (Å²) in [6.07, 6.45) is 3.64. The minimum absolute atomic E-state index is 0.0838. The molecule has 0 spiro atoms. The van der Waals surface area contributed by atoms with E-state index in [2.05, 4.69) is 42.0 Å². The zero-order valence-corrected chi connectivity index (χ0v) is 14.2. The fourth-order valence-electron chi connectivity index (χ4n) is 3.04. The number of carbonyl (C=O) groups is 1. The number of rotatable bonds is 3. The van der Waals surface area contributed by atoms with E-state index < -0.39 is 0 Å². The molecule has 1 aromatic heterocycles. The molecule has 0 radical (unpaired) electrons. The van der Waals surface area contributed by atoms with Gasteiger partial charge in [0.2, 0.25) is 0 Å². The maximum atomic E-state index is 12.3. The minimum Gasteiger partial charge on any atom is -0.348 e. The zero-order chi connectivity index (χ0) is 14.0. The first-order chi connectivity index (χ1) is 8.97. The molecular formula is C15H22BrNOS. The third kappa shape index (κ3) is 3.82. The fourth-order valence-corrected chi connectivity index (χ4v) is 4.33. The lowest BCUT2D eigenvalue weighted by Gasteiger charge is -2.37. The van der Waals surface area contributed by atoms with Gasteiger partial charge in [-0.15, -0.1) is 11.3 Å². The Morgan fingerprint density at radius 1 is 1.42 bits per heavy atom. The number of hydrogen-bond donors (Lipinski definition) is 1. The number of nitrogens with one attached hydrogen (secondary N) is 1. The number of thiophene rings is 1. The average Bonchev–Trinajstić information content (AvgIpc) is 2.75. The molecule has 1 fully saturated rings. The number of hydrogen-bond acceptors (Lipinski definition) is 2. The highest BCUT2D eigenvalue weighted by Gasteiger charge is 2.31. The predicted molar refractivity (Wildman–Crippen MR) is 84.6 cm³/mol. The van der Waals surface area contributed by atoms with Crippen LogP contribution in [0.25, 0.3) is 0 Å².